The molecule has 2 aromatic rings. The molecule has 0 saturated heterocycles. The van der Waals surface area contributed by atoms with Crippen LogP contribution in [0.15, 0.2) is 48.5 Å². The minimum atomic E-state index is -0.269. The first-order chi connectivity index (χ1) is 11.0. The zero-order valence-corrected chi connectivity index (χ0v) is 13.8. The van der Waals surface area contributed by atoms with Crippen LogP contribution in [-0.2, 0) is 4.79 Å². The highest BCUT2D eigenvalue weighted by Gasteiger charge is 2.20. The van der Waals surface area contributed by atoms with Gasteiger partial charge in [0.15, 0.2) is 6.04 Å². The summed E-state index contributed by atoms with van der Waals surface area (Å²) in [6, 6.07) is 16.4. The molecular formula is C18H19ClN3O+. The van der Waals surface area contributed by atoms with Gasteiger partial charge in [-0.05, 0) is 44.2 Å². The fourth-order valence-electron chi connectivity index (χ4n) is 2.34. The third-order valence-corrected chi connectivity index (χ3v) is 3.86. The van der Waals surface area contributed by atoms with Gasteiger partial charge in [0.05, 0.1) is 11.6 Å². The molecule has 4 nitrogen and oxygen atoms in total. The molecule has 0 radical (unpaired) electrons. The fraction of sp³-hybridized carbons (Fsp3) is 0.222. The summed E-state index contributed by atoms with van der Waals surface area (Å²) in [7, 11) is 0. The number of hydrogen-bond acceptors (Lipinski definition) is 2. The second-order valence-corrected chi connectivity index (χ2v) is 5.94. The molecule has 2 rings (SSSR count). The van der Waals surface area contributed by atoms with Gasteiger partial charge in [-0.3, -0.25) is 4.79 Å². The van der Waals surface area contributed by atoms with Crippen LogP contribution >= 0.6 is 11.6 Å². The number of halogens is 1. The number of quaternary nitrogens is 1. The van der Waals surface area contributed by atoms with Gasteiger partial charge in [-0.1, -0.05) is 29.8 Å². The number of nitrogens with two attached hydrogens (primary N) is 1. The highest BCUT2D eigenvalue weighted by atomic mass is 35.5. The van der Waals surface area contributed by atoms with Crippen LogP contribution < -0.4 is 10.6 Å². The summed E-state index contributed by atoms with van der Waals surface area (Å²) in [4.78, 5) is 12.3. The molecule has 5 heteroatoms. The lowest BCUT2D eigenvalue weighted by molar-refractivity contribution is -0.709. The Labute approximate surface area is 141 Å². The van der Waals surface area contributed by atoms with Crippen LogP contribution in [0.25, 0.3) is 0 Å². The Bertz CT molecular complexity index is 739. The molecule has 1 amide bonds. The van der Waals surface area contributed by atoms with Crippen molar-refractivity contribution in [3.63, 3.8) is 0 Å². The van der Waals surface area contributed by atoms with E-state index in [0.29, 0.717) is 16.3 Å². The summed E-state index contributed by atoms with van der Waals surface area (Å²) < 4.78 is 0. The number of nitrogens with zero attached hydrogens (tertiary/aromatic N) is 1. The second-order valence-electron chi connectivity index (χ2n) is 5.51. The fourth-order valence-corrected chi connectivity index (χ4v) is 2.54. The largest absolute Gasteiger partial charge is 0.330 e. The van der Waals surface area contributed by atoms with Gasteiger partial charge in [-0.15, -0.1) is 0 Å². The van der Waals surface area contributed by atoms with Gasteiger partial charge >= 0.3 is 0 Å². The minimum Gasteiger partial charge on any atom is -0.330 e. The van der Waals surface area contributed by atoms with Crippen LogP contribution in [0, 0.1) is 11.3 Å². The molecule has 0 aliphatic heterocycles. The molecule has 0 heterocycles. The maximum atomic E-state index is 12.3. The van der Waals surface area contributed by atoms with Gasteiger partial charge in [-0.25, -0.2) is 0 Å². The average Bonchev–Trinajstić information content (AvgIpc) is 2.54. The maximum absolute atomic E-state index is 12.3. The van der Waals surface area contributed by atoms with Crippen molar-refractivity contribution in [3.05, 3.63) is 64.7 Å². The van der Waals surface area contributed by atoms with Crippen LogP contribution in [0.1, 0.15) is 31.0 Å². The van der Waals surface area contributed by atoms with Crippen LogP contribution in [0.3, 0.4) is 0 Å². The van der Waals surface area contributed by atoms with Crippen LogP contribution in [0.5, 0.6) is 0 Å². The van der Waals surface area contributed by atoms with Gasteiger partial charge in [-0.2, -0.15) is 5.26 Å². The number of carbonyl (C=O) groups excluding carboxylic acids is 1. The Morgan fingerprint density at radius 2 is 1.96 bits per heavy atom. The van der Waals surface area contributed by atoms with E-state index in [1.165, 1.54) is 0 Å². The molecule has 0 saturated carbocycles. The zero-order chi connectivity index (χ0) is 16.8. The number of nitrogens with one attached hydrogen (secondary N) is 1. The van der Waals surface area contributed by atoms with Crippen LogP contribution in [0.4, 0.5) is 5.69 Å². The van der Waals surface area contributed by atoms with Crippen molar-refractivity contribution in [1.29, 1.82) is 5.26 Å². The lowest BCUT2D eigenvalue weighted by atomic mass is 10.1. The van der Waals surface area contributed by atoms with E-state index in [2.05, 4.69) is 11.4 Å². The number of benzene rings is 2. The van der Waals surface area contributed by atoms with Crippen molar-refractivity contribution in [3.8, 4) is 6.07 Å². The summed E-state index contributed by atoms with van der Waals surface area (Å²) in [6.45, 7) is 3.89. The van der Waals surface area contributed by atoms with Crippen molar-refractivity contribution in [2.24, 2.45) is 0 Å². The van der Waals surface area contributed by atoms with Crippen LogP contribution in [-0.4, -0.2) is 11.9 Å². The Morgan fingerprint density at radius 1 is 1.22 bits per heavy atom. The summed E-state index contributed by atoms with van der Waals surface area (Å²) in [5, 5.41) is 14.4. The summed E-state index contributed by atoms with van der Waals surface area (Å²) in [5.74, 6) is -0.103. The number of hydrogen-bond donors (Lipinski definition) is 2. The van der Waals surface area contributed by atoms with Gasteiger partial charge < -0.3 is 10.6 Å². The maximum Gasteiger partial charge on any atom is 0.282 e. The molecule has 0 aliphatic rings. The smallest absolute Gasteiger partial charge is 0.282 e. The predicted molar refractivity (Wildman–Crippen MR) is 91.0 cm³/mol. The summed E-state index contributed by atoms with van der Waals surface area (Å²) in [6.07, 6.45) is 0. The van der Waals surface area contributed by atoms with E-state index in [0.717, 1.165) is 5.56 Å². The molecule has 2 atom stereocenters. The van der Waals surface area contributed by atoms with E-state index in [1.54, 1.807) is 24.3 Å². The topological polar surface area (TPSA) is 69.5 Å². The van der Waals surface area contributed by atoms with E-state index >= 15 is 0 Å². The van der Waals surface area contributed by atoms with Gasteiger partial charge in [0.1, 0.15) is 6.04 Å². The monoisotopic (exact) mass is 328 g/mol. The molecule has 23 heavy (non-hydrogen) atoms. The Kier molecular flexibility index (Phi) is 5.75. The van der Waals surface area contributed by atoms with E-state index in [4.69, 9.17) is 16.9 Å². The minimum absolute atomic E-state index is 0.103. The first-order valence-corrected chi connectivity index (χ1v) is 7.79. The molecular weight excluding hydrogens is 310 g/mol. The standard InChI is InChI=1S/C18H18ClN3O/c1-12(15-6-4-7-16(19)10-15)21-13(2)18(23)22-17-8-3-5-14(9-17)11-20/h3-10,12-13,21H,1-2H3,(H,22,23)/p+1/t12-,13+/m1/s1. The highest BCUT2D eigenvalue weighted by Crippen LogP contribution is 2.15. The predicted octanol–water partition coefficient (Wildman–Crippen LogP) is 2.86. The Balaban J connectivity index is 1.98. The normalized spacial score (nSPS) is 13.0. The SMILES string of the molecule is C[C@H]([NH2+][C@H](C)c1cccc(Cl)c1)C(=O)Nc1cccc(C#N)c1. The van der Waals surface area contributed by atoms with Crippen molar-refractivity contribution in [1.82, 2.24) is 0 Å². The lowest BCUT2D eigenvalue weighted by Crippen LogP contribution is -2.91. The van der Waals surface area contributed by atoms with E-state index < -0.39 is 0 Å². The van der Waals surface area contributed by atoms with E-state index in [9.17, 15) is 4.79 Å². The summed E-state index contributed by atoms with van der Waals surface area (Å²) >= 11 is 6.00. The molecule has 0 aliphatic carbocycles. The van der Waals surface area contributed by atoms with Crippen molar-refractivity contribution in [2.75, 3.05) is 5.32 Å². The highest BCUT2D eigenvalue weighted by molar-refractivity contribution is 6.30. The first-order valence-electron chi connectivity index (χ1n) is 7.41. The zero-order valence-electron chi connectivity index (χ0n) is 13.1. The third-order valence-electron chi connectivity index (χ3n) is 3.62. The van der Waals surface area contributed by atoms with Gasteiger partial charge in [0.2, 0.25) is 0 Å². The van der Waals surface area contributed by atoms with Crippen molar-refractivity contribution < 1.29 is 10.1 Å². The molecule has 0 bridgehead atoms. The van der Waals surface area contributed by atoms with Gasteiger partial charge in [0, 0.05) is 16.3 Å². The van der Waals surface area contributed by atoms with Gasteiger partial charge in [0.25, 0.3) is 5.91 Å². The molecule has 0 fully saturated rings. The average molecular weight is 329 g/mol. The van der Waals surface area contributed by atoms with E-state index in [-0.39, 0.29) is 18.0 Å². The summed E-state index contributed by atoms with van der Waals surface area (Å²) in [5.41, 5.74) is 2.22. The van der Waals surface area contributed by atoms with Crippen molar-refractivity contribution in [2.45, 2.75) is 25.9 Å². The first kappa shape index (κ1) is 17.0. The number of nitriles is 1. The second kappa shape index (κ2) is 7.77. The Morgan fingerprint density at radius 3 is 2.65 bits per heavy atom. The number of carbonyl (C=O) groups is 1. The molecule has 3 N–H and O–H groups in total. The van der Waals surface area contributed by atoms with Crippen molar-refractivity contribution >= 4 is 23.2 Å². The Hall–Kier alpha value is -2.35. The number of anilines is 1. The number of amides is 1. The number of rotatable bonds is 5. The molecule has 0 aromatic heterocycles. The molecule has 0 spiro atoms. The molecule has 0 unspecified atom stereocenters. The van der Waals surface area contributed by atoms with E-state index in [1.807, 2.05) is 43.4 Å². The molecule has 2 aromatic carbocycles. The quantitative estimate of drug-likeness (QED) is 0.886. The third kappa shape index (κ3) is 4.82. The lowest BCUT2D eigenvalue weighted by Gasteiger charge is -2.17. The molecule has 118 valence electrons. The van der Waals surface area contributed by atoms with Crippen LogP contribution in [0.2, 0.25) is 5.02 Å².